The van der Waals surface area contributed by atoms with Crippen molar-refractivity contribution in [1.29, 1.82) is 0 Å². The zero-order valence-corrected chi connectivity index (χ0v) is 10.4. The molecule has 0 bridgehead atoms. The van der Waals surface area contributed by atoms with Crippen LogP contribution < -0.4 is 0 Å². The Bertz CT molecular complexity index is 260. The molecule has 0 spiro atoms. The van der Waals surface area contributed by atoms with E-state index in [4.69, 9.17) is 44.3 Å². The van der Waals surface area contributed by atoms with E-state index >= 15 is 0 Å². The first-order valence-corrected chi connectivity index (χ1v) is 5.55. The molecule has 6 heteroatoms. The molecule has 0 unspecified atom stereocenters. The van der Waals surface area contributed by atoms with Crippen LogP contribution in [-0.4, -0.2) is 29.1 Å². The summed E-state index contributed by atoms with van der Waals surface area (Å²) in [6.45, 7) is 1.99. The molecule has 0 aliphatic carbocycles. The molecule has 0 fully saturated rings. The van der Waals surface area contributed by atoms with E-state index in [9.17, 15) is 4.79 Å². The highest BCUT2D eigenvalue weighted by Gasteiger charge is 2.30. The van der Waals surface area contributed by atoms with Crippen LogP contribution in [0.1, 0.15) is 6.92 Å². The van der Waals surface area contributed by atoms with Crippen LogP contribution in [0.5, 0.6) is 0 Å². The summed E-state index contributed by atoms with van der Waals surface area (Å²) in [6.07, 6.45) is 3.14. The van der Waals surface area contributed by atoms with Crippen molar-refractivity contribution in [3.63, 3.8) is 0 Å². The van der Waals surface area contributed by atoms with Gasteiger partial charge in [0.15, 0.2) is 6.10 Å². The molecule has 1 aliphatic rings. The van der Waals surface area contributed by atoms with Crippen LogP contribution in [0.2, 0.25) is 0 Å². The van der Waals surface area contributed by atoms with E-state index in [2.05, 4.69) is 0 Å². The molecule has 15 heavy (non-hydrogen) atoms. The van der Waals surface area contributed by atoms with Crippen LogP contribution in [-0.2, 0) is 14.3 Å². The number of hydrogen-bond acceptors (Lipinski definition) is 3. The number of alkyl halides is 3. The molecule has 1 aliphatic heterocycles. The van der Waals surface area contributed by atoms with Crippen LogP contribution in [0.25, 0.3) is 0 Å². The van der Waals surface area contributed by atoms with Crippen molar-refractivity contribution in [3.05, 3.63) is 12.2 Å². The van der Waals surface area contributed by atoms with Gasteiger partial charge in [0.1, 0.15) is 6.61 Å². The molecule has 0 amide bonds. The van der Waals surface area contributed by atoms with Gasteiger partial charge in [-0.3, -0.25) is 0 Å². The van der Waals surface area contributed by atoms with Crippen LogP contribution in [0.3, 0.4) is 0 Å². The lowest BCUT2D eigenvalue weighted by molar-refractivity contribution is -0.159. The molecule has 0 saturated heterocycles. The van der Waals surface area contributed by atoms with E-state index in [0.717, 1.165) is 0 Å². The molecular weight excluding hydrogens is 262 g/mol. The highest BCUT2D eigenvalue weighted by Crippen LogP contribution is 2.26. The highest BCUT2D eigenvalue weighted by atomic mass is 35.6. The molecule has 0 aromatic heterocycles. The number of ether oxygens (including phenoxy) is 2. The maximum absolute atomic E-state index is 11.5. The van der Waals surface area contributed by atoms with Crippen molar-refractivity contribution in [3.8, 4) is 0 Å². The first-order valence-electron chi connectivity index (χ1n) is 4.42. The summed E-state index contributed by atoms with van der Waals surface area (Å²) in [5.41, 5.74) is 0. The summed E-state index contributed by atoms with van der Waals surface area (Å²) >= 11 is 16.4. The van der Waals surface area contributed by atoms with E-state index in [1.54, 1.807) is 0 Å². The average Bonchev–Trinajstić information content (AvgIpc) is 2.14. The Morgan fingerprint density at radius 3 is 2.80 bits per heavy atom. The number of hydrogen-bond donors (Lipinski definition) is 0. The largest absolute Gasteiger partial charge is 0.459 e. The highest BCUT2D eigenvalue weighted by molar-refractivity contribution is 6.67. The van der Waals surface area contributed by atoms with Crippen molar-refractivity contribution in [2.75, 3.05) is 13.2 Å². The Hall–Kier alpha value is 0.0400. The number of carbonyl (C=O) groups excluding carboxylic acids is 1. The lowest BCUT2D eigenvalue weighted by Crippen LogP contribution is -2.35. The van der Waals surface area contributed by atoms with E-state index in [-0.39, 0.29) is 12.5 Å². The zero-order chi connectivity index (χ0) is 11.5. The fourth-order valence-corrected chi connectivity index (χ4v) is 1.36. The van der Waals surface area contributed by atoms with Gasteiger partial charge >= 0.3 is 5.97 Å². The third-order valence-corrected chi connectivity index (χ3v) is 2.23. The molecular formula is C9H11Cl3O3. The molecule has 0 saturated carbocycles. The Kier molecular flexibility index (Phi) is 4.71. The van der Waals surface area contributed by atoms with Crippen LogP contribution in [0.15, 0.2) is 12.2 Å². The monoisotopic (exact) mass is 272 g/mol. The first kappa shape index (κ1) is 13.1. The predicted octanol–water partition coefficient (Wildman–Crippen LogP) is 2.49. The molecule has 3 nitrogen and oxygen atoms in total. The fourth-order valence-electron chi connectivity index (χ4n) is 1.20. The molecule has 1 heterocycles. The summed E-state index contributed by atoms with van der Waals surface area (Å²) in [6, 6.07) is 0. The summed E-state index contributed by atoms with van der Waals surface area (Å²) in [5.74, 6) is -0.528. The topological polar surface area (TPSA) is 35.5 Å². The van der Waals surface area contributed by atoms with Gasteiger partial charge in [-0.05, 0) is 0 Å². The van der Waals surface area contributed by atoms with Crippen LogP contribution >= 0.6 is 34.8 Å². The lowest BCUT2D eigenvalue weighted by atomic mass is 10.0. The van der Waals surface area contributed by atoms with Crippen molar-refractivity contribution in [2.24, 2.45) is 5.92 Å². The van der Waals surface area contributed by atoms with Crippen LogP contribution in [0.4, 0.5) is 0 Å². The lowest BCUT2D eigenvalue weighted by Gasteiger charge is -2.24. The minimum Gasteiger partial charge on any atom is -0.459 e. The molecule has 2 atom stereocenters. The Labute approximate surface area is 103 Å². The second kappa shape index (κ2) is 5.39. The quantitative estimate of drug-likeness (QED) is 0.440. The number of esters is 1. The average molecular weight is 274 g/mol. The molecule has 1 rings (SSSR count). The van der Waals surface area contributed by atoms with Gasteiger partial charge in [-0.1, -0.05) is 53.9 Å². The SMILES string of the molecule is C[C@@H]1C=CCO[C@@H]1C(=O)OCC(Cl)(Cl)Cl. The summed E-state index contributed by atoms with van der Waals surface area (Å²) in [7, 11) is 0. The third kappa shape index (κ3) is 4.60. The van der Waals surface area contributed by atoms with Crippen LogP contribution in [0, 0.1) is 5.92 Å². The van der Waals surface area contributed by atoms with Gasteiger partial charge in [0.2, 0.25) is 3.79 Å². The van der Waals surface area contributed by atoms with Crippen molar-refractivity contribution < 1.29 is 14.3 Å². The van der Waals surface area contributed by atoms with E-state index in [1.807, 2.05) is 19.1 Å². The second-order valence-corrected chi connectivity index (χ2v) is 5.78. The smallest absolute Gasteiger partial charge is 0.336 e. The summed E-state index contributed by atoms with van der Waals surface area (Å²) in [4.78, 5) is 11.5. The number of halogens is 3. The minimum absolute atomic E-state index is 0.0263. The molecule has 0 N–H and O–H groups in total. The number of rotatable bonds is 2. The van der Waals surface area contributed by atoms with E-state index in [1.165, 1.54) is 0 Å². The van der Waals surface area contributed by atoms with Crippen molar-refractivity contribution >= 4 is 40.8 Å². The predicted molar refractivity (Wildman–Crippen MR) is 59.3 cm³/mol. The first-order chi connectivity index (χ1) is 6.90. The van der Waals surface area contributed by atoms with Gasteiger partial charge < -0.3 is 9.47 Å². The molecule has 86 valence electrons. The minimum atomic E-state index is -1.58. The normalized spacial score (nSPS) is 26.4. The molecule has 0 aromatic carbocycles. The summed E-state index contributed by atoms with van der Waals surface area (Å²) < 4.78 is 8.47. The fraction of sp³-hybridized carbons (Fsp3) is 0.667. The van der Waals surface area contributed by atoms with E-state index < -0.39 is 15.9 Å². The Balaban J connectivity index is 2.43. The Morgan fingerprint density at radius 1 is 1.60 bits per heavy atom. The second-order valence-electron chi connectivity index (χ2n) is 3.26. The summed E-state index contributed by atoms with van der Waals surface area (Å²) in [5, 5.41) is 0. The van der Waals surface area contributed by atoms with Gasteiger partial charge in [0, 0.05) is 5.92 Å². The van der Waals surface area contributed by atoms with Gasteiger partial charge in [0.25, 0.3) is 0 Å². The van der Waals surface area contributed by atoms with Gasteiger partial charge in [-0.25, -0.2) is 4.79 Å². The van der Waals surface area contributed by atoms with E-state index in [0.29, 0.717) is 6.61 Å². The standard InChI is InChI=1S/C9H11Cl3O3/c1-6-3-2-4-14-7(6)8(13)15-5-9(10,11)12/h2-3,6-7H,4-5H2,1H3/t6-,7+/m1/s1. The van der Waals surface area contributed by atoms with Gasteiger partial charge in [0.05, 0.1) is 6.61 Å². The number of carbonyl (C=O) groups is 1. The Morgan fingerprint density at radius 2 is 2.27 bits per heavy atom. The molecule has 0 aromatic rings. The van der Waals surface area contributed by atoms with Gasteiger partial charge in [-0.2, -0.15) is 0 Å². The zero-order valence-electron chi connectivity index (χ0n) is 8.08. The van der Waals surface area contributed by atoms with Crippen molar-refractivity contribution in [2.45, 2.75) is 16.8 Å². The van der Waals surface area contributed by atoms with Crippen molar-refractivity contribution in [1.82, 2.24) is 0 Å². The molecule has 0 radical (unpaired) electrons. The van der Waals surface area contributed by atoms with Gasteiger partial charge in [-0.15, -0.1) is 0 Å². The third-order valence-electron chi connectivity index (χ3n) is 1.90. The maximum atomic E-state index is 11.5. The maximum Gasteiger partial charge on any atom is 0.336 e.